The standard InChI is InChI=1S/C13H24BrNO/c1-4-13(2,3)12(16)15-9-5-6-11(10-15)7-8-14/h11H,4-10H2,1-3H3. The first-order valence-corrected chi connectivity index (χ1v) is 7.48. The second kappa shape index (κ2) is 6.04. The van der Waals surface area contributed by atoms with Crippen molar-refractivity contribution in [1.29, 1.82) is 0 Å². The first kappa shape index (κ1) is 14.0. The summed E-state index contributed by atoms with van der Waals surface area (Å²) in [7, 11) is 0. The molecule has 0 bridgehead atoms. The molecule has 0 aliphatic carbocycles. The number of hydrogen-bond donors (Lipinski definition) is 0. The smallest absolute Gasteiger partial charge is 0.228 e. The second-order valence-electron chi connectivity index (χ2n) is 5.47. The quantitative estimate of drug-likeness (QED) is 0.726. The molecule has 0 aromatic heterocycles. The van der Waals surface area contributed by atoms with Crippen LogP contribution in [0.4, 0.5) is 0 Å². The highest BCUT2D eigenvalue weighted by Gasteiger charge is 2.32. The van der Waals surface area contributed by atoms with Crippen molar-refractivity contribution in [3.05, 3.63) is 0 Å². The van der Waals surface area contributed by atoms with Crippen molar-refractivity contribution >= 4 is 21.8 Å². The fourth-order valence-corrected chi connectivity index (χ4v) is 2.87. The van der Waals surface area contributed by atoms with Gasteiger partial charge in [-0.1, -0.05) is 36.7 Å². The Balaban J connectivity index is 2.56. The van der Waals surface area contributed by atoms with E-state index in [2.05, 4.69) is 41.6 Å². The summed E-state index contributed by atoms with van der Waals surface area (Å²) in [5.41, 5.74) is -0.184. The maximum atomic E-state index is 12.3. The molecule has 1 atom stereocenters. The number of hydrogen-bond acceptors (Lipinski definition) is 1. The van der Waals surface area contributed by atoms with Crippen molar-refractivity contribution in [2.75, 3.05) is 18.4 Å². The summed E-state index contributed by atoms with van der Waals surface area (Å²) in [6.45, 7) is 8.14. The lowest BCUT2D eigenvalue weighted by Crippen LogP contribution is -2.46. The molecule has 3 heteroatoms. The summed E-state index contributed by atoms with van der Waals surface area (Å²) >= 11 is 3.49. The van der Waals surface area contributed by atoms with Gasteiger partial charge in [0.05, 0.1) is 0 Å². The molecular weight excluding hydrogens is 266 g/mol. The number of carbonyl (C=O) groups is 1. The largest absolute Gasteiger partial charge is 0.342 e. The average Bonchev–Trinajstić information content (AvgIpc) is 2.29. The van der Waals surface area contributed by atoms with Gasteiger partial charge in [-0.2, -0.15) is 0 Å². The van der Waals surface area contributed by atoms with Crippen molar-refractivity contribution in [1.82, 2.24) is 4.90 Å². The average molecular weight is 290 g/mol. The van der Waals surface area contributed by atoms with Gasteiger partial charge < -0.3 is 4.90 Å². The van der Waals surface area contributed by atoms with Gasteiger partial charge in [0.25, 0.3) is 0 Å². The Morgan fingerprint density at radius 2 is 2.19 bits per heavy atom. The van der Waals surface area contributed by atoms with Gasteiger partial charge in [-0.05, 0) is 31.6 Å². The summed E-state index contributed by atoms with van der Waals surface area (Å²) in [4.78, 5) is 14.4. The van der Waals surface area contributed by atoms with Gasteiger partial charge in [0.15, 0.2) is 0 Å². The molecule has 1 heterocycles. The van der Waals surface area contributed by atoms with Crippen LogP contribution in [0.2, 0.25) is 0 Å². The Morgan fingerprint density at radius 3 is 2.75 bits per heavy atom. The number of carbonyl (C=O) groups excluding carboxylic acids is 1. The number of halogens is 1. The molecule has 16 heavy (non-hydrogen) atoms. The van der Waals surface area contributed by atoms with E-state index < -0.39 is 0 Å². The van der Waals surface area contributed by atoms with Crippen molar-refractivity contribution in [2.24, 2.45) is 11.3 Å². The van der Waals surface area contributed by atoms with Crippen LogP contribution in [0.3, 0.4) is 0 Å². The molecule has 1 fully saturated rings. The third-order valence-corrected chi connectivity index (χ3v) is 4.24. The number of amides is 1. The Kier molecular flexibility index (Phi) is 5.29. The first-order chi connectivity index (χ1) is 7.51. The van der Waals surface area contributed by atoms with E-state index in [0.29, 0.717) is 11.8 Å². The van der Waals surface area contributed by atoms with E-state index in [4.69, 9.17) is 0 Å². The Labute approximate surface area is 108 Å². The highest BCUT2D eigenvalue weighted by atomic mass is 79.9. The minimum atomic E-state index is -0.184. The molecule has 94 valence electrons. The molecule has 1 amide bonds. The van der Waals surface area contributed by atoms with Gasteiger partial charge >= 0.3 is 0 Å². The molecule has 1 unspecified atom stereocenters. The summed E-state index contributed by atoms with van der Waals surface area (Å²) in [5, 5.41) is 1.05. The molecule has 2 nitrogen and oxygen atoms in total. The number of piperidine rings is 1. The van der Waals surface area contributed by atoms with Crippen molar-refractivity contribution in [3.8, 4) is 0 Å². The fourth-order valence-electron chi connectivity index (χ4n) is 2.22. The minimum absolute atomic E-state index is 0.184. The number of nitrogens with zero attached hydrogens (tertiary/aromatic N) is 1. The fraction of sp³-hybridized carbons (Fsp3) is 0.923. The molecule has 1 aliphatic heterocycles. The lowest BCUT2D eigenvalue weighted by molar-refractivity contribution is -0.142. The Morgan fingerprint density at radius 1 is 1.50 bits per heavy atom. The SMILES string of the molecule is CCC(C)(C)C(=O)N1CCCC(CCBr)C1. The third kappa shape index (κ3) is 3.47. The number of rotatable bonds is 4. The van der Waals surface area contributed by atoms with Gasteiger partial charge in [-0.15, -0.1) is 0 Å². The number of likely N-dealkylation sites (tertiary alicyclic amines) is 1. The van der Waals surface area contributed by atoms with Gasteiger partial charge in [0, 0.05) is 23.8 Å². The van der Waals surface area contributed by atoms with E-state index in [9.17, 15) is 4.79 Å². The predicted molar refractivity (Wildman–Crippen MR) is 71.8 cm³/mol. The van der Waals surface area contributed by atoms with Crippen LogP contribution in [-0.4, -0.2) is 29.2 Å². The normalized spacial score (nSPS) is 22.2. The minimum Gasteiger partial charge on any atom is -0.342 e. The first-order valence-electron chi connectivity index (χ1n) is 6.36. The summed E-state index contributed by atoms with van der Waals surface area (Å²) in [6.07, 6.45) is 4.56. The molecule has 0 radical (unpaired) electrons. The zero-order valence-corrected chi connectivity index (χ0v) is 12.3. The van der Waals surface area contributed by atoms with E-state index >= 15 is 0 Å². The zero-order valence-electron chi connectivity index (χ0n) is 10.8. The summed E-state index contributed by atoms with van der Waals surface area (Å²) < 4.78 is 0. The maximum Gasteiger partial charge on any atom is 0.228 e. The van der Waals surface area contributed by atoms with Crippen LogP contribution in [0.15, 0.2) is 0 Å². The summed E-state index contributed by atoms with van der Waals surface area (Å²) in [6, 6.07) is 0. The number of alkyl halides is 1. The van der Waals surface area contributed by atoms with Gasteiger partial charge in [0.1, 0.15) is 0 Å². The monoisotopic (exact) mass is 289 g/mol. The lowest BCUT2D eigenvalue weighted by Gasteiger charge is -2.37. The van der Waals surface area contributed by atoms with E-state index in [0.717, 1.165) is 24.8 Å². The Bertz CT molecular complexity index is 238. The highest BCUT2D eigenvalue weighted by molar-refractivity contribution is 9.09. The molecule has 1 saturated heterocycles. The van der Waals surface area contributed by atoms with Crippen molar-refractivity contribution < 1.29 is 4.79 Å². The Hall–Kier alpha value is -0.0500. The molecule has 0 N–H and O–H groups in total. The third-order valence-electron chi connectivity index (χ3n) is 3.79. The van der Waals surface area contributed by atoms with Crippen LogP contribution in [0, 0.1) is 11.3 Å². The predicted octanol–water partition coefficient (Wildman–Crippen LogP) is 3.45. The van der Waals surface area contributed by atoms with E-state index in [1.54, 1.807) is 0 Å². The van der Waals surface area contributed by atoms with Crippen LogP contribution >= 0.6 is 15.9 Å². The van der Waals surface area contributed by atoms with Crippen molar-refractivity contribution in [2.45, 2.75) is 46.5 Å². The van der Waals surface area contributed by atoms with Crippen LogP contribution in [0.25, 0.3) is 0 Å². The van der Waals surface area contributed by atoms with Crippen molar-refractivity contribution in [3.63, 3.8) is 0 Å². The van der Waals surface area contributed by atoms with Gasteiger partial charge in [-0.3, -0.25) is 4.79 Å². The van der Waals surface area contributed by atoms with E-state index in [1.807, 2.05) is 0 Å². The van der Waals surface area contributed by atoms with Crippen LogP contribution < -0.4 is 0 Å². The molecular formula is C13H24BrNO. The molecule has 0 aromatic carbocycles. The van der Waals surface area contributed by atoms with Gasteiger partial charge in [0.2, 0.25) is 5.91 Å². The zero-order chi connectivity index (χ0) is 12.2. The van der Waals surface area contributed by atoms with E-state index in [1.165, 1.54) is 19.3 Å². The molecule has 1 rings (SSSR count). The summed E-state index contributed by atoms with van der Waals surface area (Å²) in [5.74, 6) is 1.04. The van der Waals surface area contributed by atoms with Crippen LogP contribution in [-0.2, 0) is 4.79 Å². The molecule has 0 saturated carbocycles. The maximum absolute atomic E-state index is 12.3. The molecule has 1 aliphatic rings. The lowest BCUT2D eigenvalue weighted by atomic mass is 9.86. The second-order valence-corrected chi connectivity index (χ2v) is 6.27. The van der Waals surface area contributed by atoms with Crippen LogP contribution in [0.1, 0.15) is 46.5 Å². The van der Waals surface area contributed by atoms with E-state index in [-0.39, 0.29) is 5.41 Å². The highest BCUT2D eigenvalue weighted by Crippen LogP contribution is 2.27. The molecule has 0 aromatic rings. The van der Waals surface area contributed by atoms with Crippen LogP contribution in [0.5, 0.6) is 0 Å². The molecule has 0 spiro atoms. The van der Waals surface area contributed by atoms with Gasteiger partial charge in [-0.25, -0.2) is 0 Å². The topological polar surface area (TPSA) is 20.3 Å².